The molecule has 1 amide bonds. The molecule has 0 unspecified atom stereocenters. The third-order valence-electron chi connectivity index (χ3n) is 2.95. The van der Waals surface area contributed by atoms with Gasteiger partial charge < -0.3 is 10.6 Å². The largest absolute Gasteiger partial charge is 0.397 e. The van der Waals surface area contributed by atoms with Crippen molar-refractivity contribution in [3.63, 3.8) is 0 Å². The summed E-state index contributed by atoms with van der Waals surface area (Å²) in [7, 11) is 0. The number of hydrogen-bond acceptors (Lipinski definition) is 3. The number of halogens is 1. The summed E-state index contributed by atoms with van der Waals surface area (Å²) in [5.41, 5.74) is 6.59. The molecule has 20 heavy (non-hydrogen) atoms. The quantitative estimate of drug-likeness (QED) is 0.877. The van der Waals surface area contributed by atoms with Crippen molar-refractivity contribution in [2.24, 2.45) is 0 Å². The van der Waals surface area contributed by atoms with E-state index in [1.807, 2.05) is 19.1 Å². The first kappa shape index (κ1) is 14.7. The molecule has 0 radical (unpaired) electrons. The zero-order valence-corrected chi connectivity index (χ0v) is 12.7. The number of terminal acetylenes is 1. The lowest BCUT2D eigenvalue weighted by atomic mass is 10.2. The summed E-state index contributed by atoms with van der Waals surface area (Å²) >= 11 is 7.32. The lowest BCUT2D eigenvalue weighted by Crippen LogP contribution is -2.32. The second kappa shape index (κ2) is 6.17. The van der Waals surface area contributed by atoms with Crippen LogP contribution in [0.25, 0.3) is 10.1 Å². The minimum atomic E-state index is -0.111. The van der Waals surface area contributed by atoms with E-state index in [4.69, 9.17) is 23.8 Å². The summed E-state index contributed by atoms with van der Waals surface area (Å²) < 4.78 is 0.913. The first-order valence-electron chi connectivity index (χ1n) is 6.28. The van der Waals surface area contributed by atoms with E-state index >= 15 is 0 Å². The Bertz CT molecular complexity index is 687. The molecular weight excluding hydrogens is 292 g/mol. The highest BCUT2D eigenvalue weighted by Crippen LogP contribution is 2.35. The van der Waals surface area contributed by atoms with Crippen LogP contribution in [0.2, 0.25) is 5.02 Å². The summed E-state index contributed by atoms with van der Waals surface area (Å²) in [6.45, 7) is 2.92. The second-order valence-corrected chi connectivity index (χ2v) is 5.90. The molecule has 2 rings (SSSR count). The topological polar surface area (TPSA) is 46.3 Å². The predicted octanol–water partition coefficient (Wildman–Crippen LogP) is 3.62. The SMILES string of the molecule is C#CCN(CCC)C(=O)c1sc2cc(Cl)ccc2c1N. The Balaban J connectivity index is 2.43. The molecular formula is C15H15ClN2OS. The van der Waals surface area contributed by atoms with E-state index < -0.39 is 0 Å². The highest BCUT2D eigenvalue weighted by atomic mass is 35.5. The normalized spacial score (nSPS) is 10.4. The smallest absolute Gasteiger partial charge is 0.266 e. The van der Waals surface area contributed by atoms with Crippen molar-refractivity contribution < 1.29 is 4.79 Å². The number of nitrogens with two attached hydrogens (primary N) is 1. The van der Waals surface area contributed by atoms with Gasteiger partial charge in [0.25, 0.3) is 5.91 Å². The zero-order valence-electron chi connectivity index (χ0n) is 11.1. The van der Waals surface area contributed by atoms with Gasteiger partial charge in [-0.3, -0.25) is 4.79 Å². The van der Waals surface area contributed by atoms with Gasteiger partial charge >= 0.3 is 0 Å². The zero-order chi connectivity index (χ0) is 14.7. The van der Waals surface area contributed by atoms with Crippen molar-refractivity contribution in [3.8, 4) is 12.3 Å². The van der Waals surface area contributed by atoms with E-state index in [1.165, 1.54) is 11.3 Å². The fourth-order valence-corrected chi connectivity index (χ4v) is 3.39. The van der Waals surface area contributed by atoms with Crippen LogP contribution in [0.5, 0.6) is 0 Å². The number of fused-ring (bicyclic) bond motifs is 1. The Kier molecular flexibility index (Phi) is 4.53. The van der Waals surface area contributed by atoms with Crippen LogP contribution in [-0.4, -0.2) is 23.9 Å². The van der Waals surface area contributed by atoms with Gasteiger partial charge in [-0.05, 0) is 24.6 Å². The van der Waals surface area contributed by atoms with Crippen LogP contribution in [0.1, 0.15) is 23.0 Å². The van der Waals surface area contributed by atoms with Crippen molar-refractivity contribution in [1.29, 1.82) is 0 Å². The van der Waals surface area contributed by atoms with Crippen molar-refractivity contribution in [2.45, 2.75) is 13.3 Å². The molecule has 0 aliphatic carbocycles. The van der Waals surface area contributed by atoms with Crippen molar-refractivity contribution in [1.82, 2.24) is 4.90 Å². The van der Waals surface area contributed by atoms with Gasteiger partial charge in [0.15, 0.2) is 0 Å². The number of nitrogen functional groups attached to an aromatic ring is 1. The summed E-state index contributed by atoms with van der Waals surface area (Å²) in [5.74, 6) is 2.40. The maximum atomic E-state index is 12.5. The number of hydrogen-bond donors (Lipinski definition) is 1. The standard InChI is InChI=1S/C15H15ClN2OS/c1-3-7-18(8-4-2)15(19)14-13(17)11-6-5-10(16)9-12(11)20-14/h1,5-6,9H,4,7-8,17H2,2H3. The molecule has 1 aromatic carbocycles. The van der Waals surface area contributed by atoms with Gasteiger partial charge in [0.05, 0.1) is 12.2 Å². The van der Waals surface area contributed by atoms with Crippen molar-refractivity contribution in [3.05, 3.63) is 28.1 Å². The fraction of sp³-hybridized carbons (Fsp3) is 0.267. The molecule has 0 saturated heterocycles. The molecule has 0 aliphatic heterocycles. The molecule has 5 heteroatoms. The molecule has 2 N–H and O–H groups in total. The number of amides is 1. The van der Waals surface area contributed by atoms with E-state index in [-0.39, 0.29) is 5.91 Å². The van der Waals surface area contributed by atoms with Crippen LogP contribution >= 0.6 is 22.9 Å². The summed E-state index contributed by atoms with van der Waals surface area (Å²) in [4.78, 5) is 14.7. The third-order valence-corrected chi connectivity index (χ3v) is 4.34. The van der Waals surface area contributed by atoms with Crippen LogP contribution in [0.3, 0.4) is 0 Å². The van der Waals surface area contributed by atoms with E-state index in [9.17, 15) is 4.79 Å². The van der Waals surface area contributed by atoms with Crippen molar-refractivity contribution in [2.75, 3.05) is 18.8 Å². The Morgan fingerprint density at radius 1 is 1.55 bits per heavy atom. The molecule has 0 fully saturated rings. The molecule has 1 heterocycles. The highest BCUT2D eigenvalue weighted by molar-refractivity contribution is 7.21. The predicted molar refractivity (Wildman–Crippen MR) is 86.3 cm³/mol. The van der Waals surface area contributed by atoms with Gasteiger partial charge in [-0.25, -0.2) is 0 Å². The van der Waals surface area contributed by atoms with Crippen LogP contribution in [0.4, 0.5) is 5.69 Å². The minimum absolute atomic E-state index is 0.111. The molecule has 0 saturated carbocycles. The molecule has 2 aromatic rings. The molecule has 3 nitrogen and oxygen atoms in total. The molecule has 1 aromatic heterocycles. The number of thiophene rings is 1. The molecule has 0 atom stereocenters. The Hall–Kier alpha value is -1.70. The lowest BCUT2D eigenvalue weighted by Gasteiger charge is -2.18. The van der Waals surface area contributed by atoms with Crippen LogP contribution < -0.4 is 5.73 Å². The van der Waals surface area contributed by atoms with Crippen molar-refractivity contribution >= 4 is 44.6 Å². The first-order chi connectivity index (χ1) is 9.58. The Morgan fingerprint density at radius 3 is 2.95 bits per heavy atom. The average molecular weight is 307 g/mol. The minimum Gasteiger partial charge on any atom is -0.397 e. The maximum absolute atomic E-state index is 12.5. The van der Waals surface area contributed by atoms with Crippen LogP contribution in [-0.2, 0) is 0 Å². The Labute approximate surface area is 127 Å². The van der Waals surface area contributed by atoms with E-state index in [1.54, 1.807) is 11.0 Å². The molecule has 0 spiro atoms. The van der Waals surface area contributed by atoms with Gasteiger partial charge in [-0.1, -0.05) is 24.4 Å². The van der Waals surface area contributed by atoms with Gasteiger partial charge in [0, 0.05) is 21.7 Å². The molecule has 0 aliphatic rings. The number of benzene rings is 1. The van der Waals surface area contributed by atoms with Gasteiger partial charge in [-0.2, -0.15) is 0 Å². The monoisotopic (exact) mass is 306 g/mol. The number of rotatable bonds is 4. The molecule has 104 valence electrons. The summed E-state index contributed by atoms with van der Waals surface area (Å²) in [6, 6.07) is 5.43. The third kappa shape index (κ3) is 2.74. The van der Waals surface area contributed by atoms with Crippen LogP contribution in [0.15, 0.2) is 18.2 Å². The van der Waals surface area contributed by atoms with Gasteiger partial charge in [-0.15, -0.1) is 17.8 Å². The highest BCUT2D eigenvalue weighted by Gasteiger charge is 2.21. The van der Waals surface area contributed by atoms with E-state index in [2.05, 4.69) is 5.92 Å². The number of carbonyl (C=O) groups excluding carboxylic acids is 1. The second-order valence-electron chi connectivity index (χ2n) is 4.42. The fourth-order valence-electron chi connectivity index (χ4n) is 2.03. The summed E-state index contributed by atoms with van der Waals surface area (Å²) in [6.07, 6.45) is 6.17. The van der Waals surface area contributed by atoms with E-state index in [0.717, 1.165) is 16.5 Å². The number of anilines is 1. The average Bonchev–Trinajstić information content (AvgIpc) is 2.74. The number of nitrogens with zero attached hydrogens (tertiary/aromatic N) is 1. The van der Waals surface area contributed by atoms with Gasteiger partial charge in [0.2, 0.25) is 0 Å². The van der Waals surface area contributed by atoms with Gasteiger partial charge in [0.1, 0.15) is 4.88 Å². The summed E-state index contributed by atoms with van der Waals surface area (Å²) in [5, 5.41) is 1.49. The first-order valence-corrected chi connectivity index (χ1v) is 7.48. The maximum Gasteiger partial charge on any atom is 0.266 e. The van der Waals surface area contributed by atoms with Crippen LogP contribution in [0, 0.1) is 12.3 Å². The van der Waals surface area contributed by atoms with E-state index in [0.29, 0.717) is 28.7 Å². The lowest BCUT2D eigenvalue weighted by molar-refractivity contribution is 0.0782. The number of carbonyl (C=O) groups is 1. The Morgan fingerprint density at radius 2 is 2.30 bits per heavy atom. The molecule has 0 bridgehead atoms.